The quantitative estimate of drug-likeness (QED) is 0.0308. The molecule has 0 saturated carbocycles. The van der Waals surface area contributed by atoms with Crippen molar-refractivity contribution >= 4 is 5.91 Å². The second kappa shape index (κ2) is 57.4. The average molecular weight is 973 g/mol. The molecular weight excluding hydrogens is 851 g/mol. The fourth-order valence-electron chi connectivity index (χ4n) is 9.73. The second-order valence-electron chi connectivity index (χ2n) is 21.4. The zero-order valence-corrected chi connectivity index (χ0v) is 46.3. The molecule has 0 radical (unpaired) electrons. The Morgan fingerprint density at radius 2 is 0.638 bits per heavy atom. The van der Waals surface area contributed by atoms with Gasteiger partial charge in [-0.15, -0.1) is 0 Å². The van der Waals surface area contributed by atoms with Crippen LogP contribution in [0, 0.1) is 0 Å². The van der Waals surface area contributed by atoms with Crippen molar-refractivity contribution in [2.45, 2.75) is 353 Å². The van der Waals surface area contributed by atoms with Crippen LogP contribution in [0.3, 0.4) is 0 Å². The molecule has 0 rings (SSSR count). The third-order valence-corrected chi connectivity index (χ3v) is 14.6. The normalized spacial score (nSPS) is 13.9. The summed E-state index contributed by atoms with van der Waals surface area (Å²) in [5.41, 5.74) is 0. The molecule has 0 spiro atoms. The summed E-state index contributed by atoms with van der Waals surface area (Å²) in [6, 6.07) is -1.00. The van der Waals surface area contributed by atoms with Gasteiger partial charge in [-0.1, -0.05) is 294 Å². The molecule has 5 N–H and O–H groups in total. The molecule has 0 aromatic heterocycles. The van der Waals surface area contributed by atoms with E-state index in [2.05, 4.69) is 55.6 Å². The minimum Gasteiger partial charge on any atom is -0.394 e. The van der Waals surface area contributed by atoms with Crippen LogP contribution < -0.4 is 5.32 Å². The van der Waals surface area contributed by atoms with E-state index >= 15 is 0 Å². The summed E-state index contributed by atoms with van der Waals surface area (Å²) in [6.07, 6.45) is 72.4. The molecule has 0 aromatic rings. The topological polar surface area (TPSA) is 110 Å². The fourth-order valence-corrected chi connectivity index (χ4v) is 9.73. The summed E-state index contributed by atoms with van der Waals surface area (Å²) in [5, 5.41) is 44.0. The van der Waals surface area contributed by atoms with Crippen molar-refractivity contribution in [3.8, 4) is 0 Å². The van der Waals surface area contributed by atoms with Gasteiger partial charge in [0.05, 0.1) is 18.8 Å². The lowest BCUT2D eigenvalue weighted by atomic mass is 10.00. The van der Waals surface area contributed by atoms with Crippen molar-refractivity contribution in [2.24, 2.45) is 0 Å². The maximum atomic E-state index is 12.6. The van der Waals surface area contributed by atoms with Crippen LogP contribution in [0.5, 0.6) is 0 Å². The van der Waals surface area contributed by atoms with Crippen LogP contribution in [-0.2, 0) is 4.79 Å². The van der Waals surface area contributed by atoms with Gasteiger partial charge in [0, 0.05) is 0 Å². The molecule has 6 nitrogen and oxygen atoms in total. The summed E-state index contributed by atoms with van der Waals surface area (Å²) in [5.74, 6) is -0.589. The number of hydrogen-bond acceptors (Lipinski definition) is 5. The molecule has 0 fully saturated rings. The zero-order chi connectivity index (χ0) is 50.2. The van der Waals surface area contributed by atoms with E-state index in [1.54, 1.807) is 0 Å². The van der Waals surface area contributed by atoms with Crippen molar-refractivity contribution in [3.63, 3.8) is 0 Å². The van der Waals surface area contributed by atoms with Gasteiger partial charge in [-0.25, -0.2) is 0 Å². The molecule has 0 saturated heterocycles. The van der Waals surface area contributed by atoms with Gasteiger partial charge in [0.1, 0.15) is 12.2 Å². The van der Waals surface area contributed by atoms with Crippen molar-refractivity contribution in [1.29, 1.82) is 0 Å². The SMILES string of the molecule is CCCCCCCCCCC/C=C\C/C=C\CCCCCCCCCCCCCCCCCCC(O)C(=O)NC(CO)C(O)C(O)CCC/C=C/CCCCCCCCCCCCCCCCCC. The lowest BCUT2D eigenvalue weighted by Gasteiger charge is -2.27. The maximum absolute atomic E-state index is 12.6. The largest absolute Gasteiger partial charge is 0.394 e. The first-order valence-electron chi connectivity index (χ1n) is 30.9. The first-order chi connectivity index (χ1) is 34.0. The van der Waals surface area contributed by atoms with E-state index in [4.69, 9.17) is 0 Å². The zero-order valence-electron chi connectivity index (χ0n) is 46.3. The fraction of sp³-hybridized carbons (Fsp3) is 0.889. The van der Waals surface area contributed by atoms with E-state index in [9.17, 15) is 25.2 Å². The molecule has 408 valence electrons. The van der Waals surface area contributed by atoms with Gasteiger partial charge in [-0.05, 0) is 70.6 Å². The van der Waals surface area contributed by atoms with E-state index in [-0.39, 0.29) is 0 Å². The molecule has 1 amide bonds. The Labute approximate surface area is 430 Å². The number of carbonyl (C=O) groups is 1. The van der Waals surface area contributed by atoms with Gasteiger partial charge in [-0.3, -0.25) is 4.79 Å². The van der Waals surface area contributed by atoms with Gasteiger partial charge in [0.15, 0.2) is 0 Å². The van der Waals surface area contributed by atoms with Gasteiger partial charge in [0.2, 0.25) is 5.91 Å². The lowest BCUT2D eigenvalue weighted by molar-refractivity contribution is -0.132. The number of amides is 1. The summed E-state index contributed by atoms with van der Waals surface area (Å²) in [4.78, 5) is 12.6. The standard InChI is InChI=1S/C63H121NO5/c1-3-5-7-9-11-13-15-17-19-21-23-25-26-27-28-29-30-31-32-33-34-35-37-39-41-43-45-47-49-51-53-55-57-61(67)63(69)64-59(58-65)62(68)60(66)56-54-52-50-48-46-44-42-40-38-36-24-22-20-18-16-14-12-10-8-6-4-2/h23,25,27-28,48,50,59-62,65-68H,3-22,24,26,29-47,49,51-58H2,1-2H3,(H,64,69)/b25-23-,28-27-,50-48+. The van der Waals surface area contributed by atoms with Crippen molar-refractivity contribution in [3.05, 3.63) is 36.5 Å². The van der Waals surface area contributed by atoms with E-state index in [1.807, 2.05) is 0 Å². The number of unbranched alkanes of at least 4 members (excludes halogenated alkanes) is 42. The number of aliphatic hydroxyl groups is 4. The van der Waals surface area contributed by atoms with Crippen LogP contribution in [0.4, 0.5) is 0 Å². The van der Waals surface area contributed by atoms with E-state index in [0.29, 0.717) is 12.8 Å². The summed E-state index contributed by atoms with van der Waals surface area (Å²) < 4.78 is 0. The summed E-state index contributed by atoms with van der Waals surface area (Å²) in [6.45, 7) is 4.08. The molecule has 0 aliphatic heterocycles. The van der Waals surface area contributed by atoms with Crippen LogP contribution in [0.15, 0.2) is 36.5 Å². The Morgan fingerprint density at radius 3 is 0.957 bits per heavy atom. The van der Waals surface area contributed by atoms with E-state index in [0.717, 1.165) is 44.9 Å². The Hall–Kier alpha value is -1.47. The van der Waals surface area contributed by atoms with Gasteiger partial charge < -0.3 is 25.7 Å². The Balaban J connectivity index is 3.60. The third kappa shape index (κ3) is 51.2. The van der Waals surface area contributed by atoms with E-state index in [1.165, 1.54) is 257 Å². The molecule has 0 bridgehead atoms. The highest BCUT2D eigenvalue weighted by atomic mass is 16.3. The maximum Gasteiger partial charge on any atom is 0.249 e. The molecule has 0 aliphatic carbocycles. The molecule has 0 aliphatic rings. The number of aliphatic hydroxyl groups excluding tert-OH is 4. The van der Waals surface area contributed by atoms with Crippen LogP contribution in [0.2, 0.25) is 0 Å². The molecule has 4 atom stereocenters. The highest BCUT2D eigenvalue weighted by molar-refractivity contribution is 5.80. The average Bonchev–Trinajstić information content (AvgIpc) is 3.35. The minimum absolute atomic E-state index is 0.364. The third-order valence-electron chi connectivity index (χ3n) is 14.6. The number of nitrogens with one attached hydrogen (secondary N) is 1. The Bertz CT molecular complexity index is 1090. The predicted molar refractivity (Wildman–Crippen MR) is 302 cm³/mol. The van der Waals surface area contributed by atoms with Gasteiger partial charge in [0.25, 0.3) is 0 Å². The molecule has 0 aromatic carbocycles. The van der Waals surface area contributed by atoms with Crippen LogP contribution in [-0.4, -0.2) is 57.3 Å². The lowest BCUT2D eigenvalue weighted by Crippen LogP contribution is -2.53. The van der Waals surface area contributed by atoms with E-state index < -0.39 is 36.9 Å². The smallest absolute Gasteiger partial charge is 0.249 e. The molecule has 0 heterocycles. The van der Waals surface area contributed by atoms with Crippen LogP contribution in [0.25, 0.3) is 0 Å². The monoisotopic (exact) mass is 972 g/mol. The highest BCUT2D eigenvalue weighted by Gasteiger charge is 2.28. The molecule has 69 heavy (non-hydrogen) atoms. The number of allylic oxidation sites excluding steroid dienone is 6. The van der Waals surface area contributed by atoms with Crippen molar-refractivity contribution in [1.82, 2.24) is 5.32 Å². The highest BCUT2D eigenvalue weighted by Crippen LogP contribution is 2.18. The Kier molecular flexibility index (Phi) is 56.2. The number of hydrogen-bond donors (Lipinski definition) is 5. The number of carbonyl (C=O) groups excluding carboxylic acids is 1. The second-order valence-corrected chi connectivity index (χ2v) is 21.4. The minimum atomic E-state index is -1.28. The van der Waals surface area contributed by atoms with Crippen LogP contribution in [0.1, 0.15) is 328 Å². The van der Waals surface area contributed by atoms with Crippen LogP contribution >= 0.6 is 0 Å². The predicted octanol–water partition coefficient (Wildman–Crippen LogP) is 18.4. The summed E-state index contributed by atoms with van der Waals surface area (Å²) in [7, 11) is 0. The summed E-state index contributed by atoms with van der Waals surface area (Å²) >= 11 is 0. The molecular formula is C63H121NO5. The number of rotatable bonds is 57. The first kappa shape index (κ1) is 67.5. The molecule has 4 unspecified atom stereocenters. The van der Waals surface area contributed by atoms with Crippen molar-refractivity contribution in [2.75, 3.05) is 6.61 Å². The van der Waals surface area contributed by atoms with Gasteiger partial charge >= 0.3 is 0 Å². The van der Waals surface area contributed by atoms with Gasteiger partial charge in [-0.2, -0.15) is 0 Å². The van der Waals surface area contributed by atoms with Crippen molar-refractivity contribution < 1.29 is 25.2 Å². The molecule has 6 heteroatoms. The first-order valence-corrected chi connectivity index (χ1v) is 30.9. The Morgan fingerprint density at radius 1 is 0.362 bits per heavy atom.